The highest BCUT2D eigenvalue weighted by atomic mass is 16.6. The van der Waals surface area contributed by atoms with Gasteiger partial charge in [-0.05, 0) is 38.7 Å². The highest BCUT2D eigenvalue weighted by Crippen LogP contribution is 2.34. The van der Waals surface area contributed by atoms with Crippen LogP contribution in [-0.4, -0.2) is 24.8 Å². The summed E-state index contributed by atoms with van der Waals surface area (Å²) >= 11 is 0. The average molecular weight is 248 g/mol. The van der Waals surface area contributed by atoms with E-state index in [0.29, 0.717) is 13.2 Å². The molecule has 1 heterocycles. The summed E-state index contributed by atoms with van der Waals surface area (Å²) in [5.74, 6) is -0.200. The number of carbonyl (C=O) groups excluding carboxylic acids is 1. The number of hydrogen-bond acceptors (Lipinski definition) is 3. The zero-order valence-corrected chi connectivity index (χ0v) is 11.1. The molecule has 1 fully saturated rings. The van der Waals surface area contributed by atoms with E-state index in [1.165, 1.54) is 11.1 Å². The smallest absolute Gasteiger partial charge is 0.340 e. The predicted octanol–water partition coefficient (Wildman–Crippen LogP) is 2.65. The normalized spacial score (nSPS) is 21.7. The molecular formula is C15H20O3. The van der Waals surface area contributed by atoms with Gasteiger partial charge in [-0.15, -0.1) is 0 Å². The lowest BCUT2D eigenvalue weighted by molar-refractivity contribution is -0.149. The van der Waals surface area contributed by atoms with Crippen molar-refractivity contribution in [2.75, 3.05) is 13.2 Å². The summed E-state index contributed by atoms with van der Waals surface area (Å²) in [6.45, 7) is 4.83. The van der Waals surface area contributed by atoms with E-state index in [1.807, 2.05) is 6.92 Å². The lowest BCUT2D eigenvalue weighted by atomic mass is 10.00. The van der Waals surface area contributed by atoms with Gasteiger partial charge in [-0.1, -0.05) is 29.8 Å². The Hall–Kier alpha value is -1.35. The van der Waals surface area contributed by atoms with E-state index in [-0.39, 0.29) is 5.97 Å². The molecule has 1 aromatic carbocycles. The molecule has 2 rings (SSSR count). The summed E-state index contributed by atoms with van der Waals surface area (Å²) in [6, 6.07) is 8.51. The van der Waals surface area contributed by atoms with Crippen molar-refractivity contribution in [2.45, 2.75) is 38.7 Å². The second-order valence-corrected chi connectivity index (χ2v) is 4.84. The highest BCUT2D eigenvalue weighted by molar-refractivity contribution is 5.82. The summed E-state index contributed by atoms with van der Waals surface area (Å²) < 4.78 is 10.3. The Morgan fingerprint density at radius 1 is 1.39 bits per heavy atom. The monoisotopic (exact) mass is 248 g/mol. The molecule has 3 nitrogen and oxygen atoms in total. The van der Waals surface area contributed by atoms with Gasteiger partial charge < -0.3 is 9.47 Å². The predicted molar refractivity (Wildman–Crippen MR) is 69.4 cm³/mol. The summed E-state index contributed by atoms with van der Waals surface area (Å²) in [6.07, 6.45) is 2.67. The molecule has 0 radical (unpaired) electrons. The molecule has 0 N–H and O–H groups in total. The van der Waals surface area contributed by atoms with Crippen molar-refractivity contribution in [3.8, 4) is 0 Å². The summed E-state index contributed by atoms with van der Waals surface area (Å²) in [7, 11) is 0. The second kappa shape index (κ2) is 5.53. The standard InChI is InChI=1S/C15H20O3/c1-3-17-14(16)15(11-18-15)10-4-5-13-8-6-12(2)7-9-13/h6-9H,3-5,10-11H2,1-2H3/t15-/m1/s1. The van der Waals surface area contributed by atoms with Crippen molar-refractivity contribution in [2.24, 2.45) is 0 Å². The van der Waals surface area contributed by atoms with Crippen LogP contribution < -0.4 is 0 Å². The third kappa shape index (κ3) is 3.10. The van der Waals surface area contributed by atoms with Crippen LogP contribution in [0.15, 0.2) is 24.3 Å². The van der Waals surface area contributed by atoms with Gasteiger partial charge in [0, 0.05) is 0 Å². The molecule has 3 heteroatoms. The maximum absolute atomic E-state index is 11.7. The van der Waals surface area contributed by atoms with Crippen LogP contribution in [0.4, 0.5) is 0 Å². The number of hydrogen-bond donors (Lipinski definition) is 0. The van der Waals surface area contributed by atoms with E-state index >= 15 is 0 Å². The van der Waals surface area contributed by atoms with E-state index in [2.05, 4.69) is 31.2 Å². The molecule has 0 aromatic heterocycles. The van der Waals surface area contributed by atoms with Gasteiger partial charge in [-0.25, -0.2) is 4.79 Å². The summed E-state index contributed by atoms with van der Waals surface area (Å²) in [5.41, 5.74) is 1.95. The maximum Gasteiger partial charge on any atom is 0.340 e. The molecule has 0 bridgehead atoms. The Kier molecular flexibility index (Phi) is 4.02. The first-order valence-electron chi connectivity index (χ1n) is 6.53. The Morgan fingerprint density at radius 2 is 2.06 bits per heavy atom. The van der Waals surface area contributed by atoms with Gasteiger partial charge in [0.05, 0.1) is 13.2 Å². The average Bonchev–Trinajstić information content (AvgIpc) is 3.13. The lowest BCUT2D eigenvalue weighted by Crippen LogP contribution is -2.27. The Balaban J connectivity index is 1.78. The van der Waals surface area contributed by atoms with E-state index in [4.69, 9.17) is 9.47 Å². The quantitative estimate of drug-likeness (QED) is 0.574. The number of esters is 1. The molecule has 1 saturated heterocycles. The molecule has 0 saturated carbocycles. The van der Waals surface area contributed by atoms with Crippen molar-refractivity contribution >= 4 is 5.97 Å². The van der Waals surface area contributed by atoms with Crippen molar-refractivity contribution in [1.29, 1.82) is 0 Å². The first-order chi connectivity index (χ1) is 8.66. The fraction of sp³-hybridized carbons (Fsp3) is 0.533. The first kappa shape index (κ1) is 13.1. The topological polar surface area (TPSA) is 38.8 Å². The van der Waals surface area contributed by atoms with Crippen LogP contribution in [-0.2, 0) is 20.7 Å². The molecule has 1 aromatic rings. The molecule has 0 aliphatic carbocycles. The third-order valence-electron chi connectivity index (χ3n) is 3.31. The maximum atomic E-state index is 11.7. The molecule has 1 aliphatic rings. The van der Waals surface area contributed by atoms with E-state index < -0.39 is 5.60 Å². The number of benzene rings is 1. The molecule has 0 unspecified atom stereocenters. The minimum absolute atomic E-state index is 0.200. The molecule has 1 aliphatic heterocycles. The van der Waals surface area contributed by atoms with Gasteiger partial charge in [-0.2, -0.15) is 0 Å². The molecule has 0 spiro atoms. The fourth-order valence-electron chi connectivity index (χ4n) is 2.05. The van der Waals surface area contributed by atoms with Crippen LogP contribution in [0.25, 0.3) is 0 Å². The second-order valence-electron chi connectivity index (χ2n) is 4.84. The first-order valence-corrected chi connectivity index (χ1v) is 6.53. The van der Waals surface area contributed by atoms with E-state index in [1.54, 1.807) is 0 Å². The van der Waals surface area contributed by atoms with Crippen molar-refractivity contribution in [1.82, 2.24) is 0 Å². The van der Waals surface area contributed by atoms with Gasteiger partial charge in [0.25, 0.3) is 0 Å². The number of rotatable bonds is 6. The minimum Gasteiger partial charge on any atom is -0.464 e. The van der Waals surface area contributed by atoms with Crippen LogP contribution in [0, 0.1) is 6.92 Å². The number of aryl methyl sites for hydroxylation is 2. The zero-order chi connectivity index (χ0) is 13.0. The highest BCUT2D eigenvalue weighted by Gasteiger charge is 2.52. The number of ether oxygens (including phenoxy) is 2. The Morgan fingerprint density at radius 3 is 2.61 bits per heavy atom. The summed E-state index contributed by atoms with van der Waals surface area (Å²) in [4.78, 5) is 11.7. The van der Waals surface area contributed by atoms with Crippen LogP contribution in [0.2, 0.25) is 0 Å². The van der Waals surface area contributed by atoms with Crippen molar-refractivity contribution < 1.29 is 14.3 Å². The summed E-state index contributed by atoms with van der Waals surface area (Å²) in [5, 5.41) is 0. The van der Waals surface area contributed by atoms with Gasteiger partial charge in [-0.3, -0.25) is 0 Å². The zero-order valence-electron chi connectivity index (χ0n) is 11.1. The Labute approximate surface area is 108 Å². The largest absolute Gasteiger partial charge is 0.464 e. The molecule has 98 valence electrons. The number of carbonyl (C=O) groups is 1. The van der Waals surface area contributed by atoms with Gasteiger partial charge >= 0.3 is 5.97 Å². The fourth-order valence-corrected chi connectivity index (χ4v) is 2.05. The Bertz CT molecular complexity index is 404. The minimum atomic E-state index is -0.624. The molecular weight excluding hydrogens is 228 g/mol. The van der Waals surface area contributed by atoms with E-state index in [9.17, 15) is 4.79 Å². The van der Waals surface area contributed by atoms with Gasteiger partial charge in [0.2, 0.25) is 0 Å². The van der Waals surface area contributed by atoms with Gasteiger partial charge in [0.15, 0.2) is 5.60 Å². The van der Waals surface area contributed by atoms with Crippen LogP contribution in [0.1, 0.15) is 30.9 Å². The van der Waals surface area contributed by atoms with Crippen molar-refractivity contribution in [3.63, 3.8) is 0 Å². The molecule has 0 amide bonds. The van der Waals surface area contributed by atoms with Crippen molar-refractivity contribution in [3.05, 3.63) is 35.4 Å². The lowest BCUT2D eigenvalue weighted by Gasteiger charge is -2.10. The third-order valence-corrected chi connectivity index (χ3v) is 3.31. The molecule has 18 heavy (non-hydrogen) atoms. The SMILES string of the molecule is CCOC(=O)[C@@]1(CCCc2ccc(C)cc2)CO1. The van der Waals surface area contributed by atoms with Crippen LogP contribution >= 0.6 is 0 Å². The number of epoxide rings is 1. The molecule has 1 atom stereocenters. The van der Waals surface area contributed by atoms with E-state index in [0.717, 1.165) is 19.3 Å². The van der Waals surface area contributed by atoms with Crippen LogP contribution in [0.5, 0.6) is 0 Å². The van der Waals surface area contributed by atoms with Crippen LogP contribution in [0.3, 0.4) is 0 Å². The van der Waals surface area contributed by atoms with Gasteiger partial charge in [0.1, 0.15) is 0 Å².